The van der Waals surface area contributed by atoms with Crippen LogP contribution in [0.2, 0.25) is 0 Å². The number of para-hydroxylation sites is 2. The van der Waals surface area contributed by atoms with Crippen molar-refractivity contribution in [2.75, 3.05) is 9.96 Å². The van der Waals surface area contributed by atoms with Crippen molar-refractivity contribution in [1.29, 1.82) is 0 Å². The Balaban J connectivity index is 1.62. The minimum Gasteiger partial charge on any atom is -0.273 e. The Hall–Kier alpha value is -3.44. The fourth-order valence-electron chi connectivity index (χ4n) is 4.50. The first kappa shape index (κ1) is 18.6. The number of imide groups is 1. The summed E-state index contributed by atoms with van der Waals surface area (Å²) < 4.78 is 0. The monoisotopic (exact) mass is 398 g/mol. The van der Waals surface area contributed by atoms with Crippen LogP contribution in [0.25, 0.3) is 0 Å². The molecule has 0 saturated carbocycles. The van der Waals surface area contributed by atoms with E-state index < -0.39 is 12.0 Å². The number of hydrogen-bond acceptors (Lipinski definition) is 4. The van der Waals surface area contributed by atoms with Crippen LogP contribution in [-0.4, -0.2) is 17.9 Å². The van der Waals surface area contributed by atoms with E-state index in [1.807, 2.05) is 92.7 Å². The quantitative estimate of drug-likeness (QED) is 0.616. The molecule has 2 aliphatic rings. The summed E-state index contributed by atoms with van der Waals surface area (Å²) in [4.78, 5) is 34.5. The first-order valence-corrected chi connectivity index (χ1v) is 10.1. The van der Waals surface area contributed by atoms with Gasteiger partial charge in [-0.25, -0.2) is 9.96 Å². The fourth-order valence-corrected chi connectivity index (χ4v) is 4.50. The second kappa shape index (κ2) is 7.11. The first-order chi connectivity index (χ1) is 14.6. The van der Waals surface area contributed by atoms with Crippen molar-refractivity contribution in [2.45, 2.75) is 26.0 Å². The minimum absolute atomic E-state index is 0.217. The highest BCUT2D eigenvalue weighted by Crippen LogP contribution is 2.48. The SMILES string of the molecule is Cc1ccccc1[C@H]1[C@H]2C(=O)N(c3ccccc3C)C(=O)[C@@H]2ON1c1ccccc1. The molecule has 5 rings (SSSR count). The smallest absolute Gasteiger partial charge is 0.266 e. The molecular weight excluding hydrogens is 376 g/mol. The third kappa shape index (κ3) is 2.74. The van der Waals surface area contributed by atoms with Crippen LogP contribution < -0.4 is 9.96 Å². The molecule has 0 unspecified atom stereocenters. The highest BCUT2D eigenvalue weighted by atomic mass is 16.7. The molecule has 5 nitrogen and oxygen atoms in total. The molecule has 0 radical (unpaired) electrons. The minimum atomic E-state index is -0.845. The summed E-state index contributed by atoms with van der Waals surface area (Å²) in [7, 11) is 0. The topological polar surface area (TPSA) is 49.9 Å². The van der Waals surface area contributed by atoms with Crippen molar-refractivity contribution in [3.05, 3.63) is 95.6 Å². The normalized spacial score (nSPS) is 23.2. The Bertz CT molecular complexity index is 1130. The molecule has 0 spiro atoms. The van der Waals surface area contributed by atoms with E-state index in [1.165, 1.54) is 4.90 Å². The fraction of sp³-hybridized carbons (Fsp3) is 0.200. The van der Waals surface area contributed by atoms with Gasteiger partial charge in [-0.2, -0.15) is 0 Å². The maximum atomic E-state index is 13.6. The van der Waals surface area contributed by atoms with Gasteiger partial charge >= 0.3 is 0 Å². The van der Waals surface area contributed by atoms with Crippen molar-refractivity contribution in [1.82, 2.24) is 0 Å². The van der Waals surface area contributed by atoms with Gasteiger partial charge in [0.05, 0.1) is 17.4 Å². The maximum absolute atomic E-state index is 13.6. The van der Waals surface area contributed by atoms with Crippen molar-refractivity contribution in [2.24, 2.45) is 5.92 Å². The lowest BCUT2D eigenvalue weighted by molar-refractivity contribution is -0.126. The predicted molar refractivity (Wildman–Crippen MR) is 115 cm³/mol. The van der Waals surface area contributed by atoms with Gasteiger partial charge in [-0.15, -0.1) is 0 Å². The second-order valence-corrected chi connectivity index (χ2v) is 7.81. The highest BCUT2D eigenvalue weighted by Gasteiger charge is 2.60. The number of aryl methyl sites for hydroxylation is 2. The van der Waals surface area contributed by atoms with Crippen LogP contribution in [0.3, 0.4) is 0 Å². The molecular formula is C25H22N2O3. The summed E-state index contributed by atoms with van der Waals surface area (Å²) in [6.45, 7) is 3.92. The number of nitrogens with zero attached hydrogens (tertiary/aromatic N) is 2. The number of hydrogen-bond donors (Lipinski definition) is 0. The maximum Gasteiger partial charge on any atom is 0.266 e. The van der Waals surface area contributed by atoms with Gasteiger partial charge in [0.25, 0.3) is 5.91 Å². The molecule has 2 amide bonds. The third-order valence-electron chi connectivity index (χ3n) is 5.99. The molecule has 3 atom stereocenters. The average Bonchev–Trinajstić information content (AvgIpc) is 3.26. The highest BCUT2D eigenvalue weighted by molar-refractivity contribution is 6.24. The Morgan fingerprint density at radius 1 is 0.733 bits per heavy atom. The molecule has 0 N–H and O–H groups in total. The van der Waals surface area contributed by atoms with Gasteiger partial charge in [0, 0.05) is 0 Å². The third-order valence-corrected chi connectivity index (χ3v) is 5.99. The summed E-state index contributed by atoms with van der Waals surface area (Å²) in [5.41, 5.74) is 4.37. The molecule has 0 bridgehead atoms. The van der Waals surface area contributed by atoms with Crippen molar-refractivity contribution in [3.8, 4) is 0 Å². The lowest BCUT2D eigenvalue weighted by Crippen LogP contribution is -2.37. The number of carbonyl (C=O) groups is 2. The summed E-state index contributed by atoms with van der Waals surface area (Å²) in [6.07, 6.45) is -0.845. The van der Waals surface area contributed by atoms with Gasteiger partial charge in [-0.1, -0.05) is 60.7 Å². The van der Waals surface area contributed by atoms with Crippen molar-refractivity contribution < 1.29 is 14.4 Å². The molecule has 2 aliphatic heterocycles. The van der Waals surface area contributed by atoms with Gasteiger partial charge in [0.15, 0.2) is 6.10 Å². The molecule has 2 heterocycles. The van der Waals surface area contributed by atoms with Gasteiger partial charge in [-0.3, -0.25) is 14.4 Å². The molecule has 3 aromatic carbocycles. The van der Waals surface area contributed by atoms with Gasteiger partial charge in [0.1, 0.15) is 5.92 Å². The number of anilines is 2. The largest absolute Gasteiger partial charge is 0.273 e. The van der Waals surface area contributed by atoms with E-state index in [0.29, 0.717) is 5.69 Å². The van der Waals surface area contributed by atoms with Gasteiger partial charge in [0.2, 0.25) is 5.91 Å². The van der Waals surface area contributed by atoms with E-state index in [-0.39, 0.29) is 17.9 Å². The number of fused-ring (bicyclic) bond motifs is 1. The molecule has 5 heteroatoms. The van der Waals surface area contributed by atoms with E-state index in [2.05, 4.69) is 0 Å². The van der Waals surface area contributed by atoms with Crippen molar-refractivity contribution in [3.63, 3.8) is 0 Å². The summed E-state index contributed by atoms with van der Waals surface area (Å²) in [5.74, 6) is -1.14. The number of benzene rings is 3. The molecule has 3 aromatic rings. The average molecular weight is 398 g/mol. The van der Waals surface area contributed by atoms with Crippen LogP contribution in [0.1, 0.15) is 22.7 Å². The molecule has 2 fully saturated rings. The second-order valence-electron chi connectivity index (χ2n) is 7.81. The van der Waals surface area contributed by atoms with Crippen LogP contribution in [0, 0.1) is 19.8 Å². The van der Waals surface area contributed by atoms with E-state index >= 15 is 0 Å². The lowest BCUT2D eigenvalue weighted by atomic mass is 9.88. The Morgan fingerprint density at radius 3 is 2.07 bits per heavy atom. The van der Waals surface area contributed by atoms with E-state index in [4.69, 9.17) is 4.84 Å². The Kier molecular flexibility index (Phi) is 4.40. The van der Waals surface area contributed by atoms with Gasteiger partial charge in [-0.05, 0) is 48.7 Å². The van der Waals surface area contributed by atoms with Gasteiger partial charge < -0.3 is 0 Å². The Morgan fingerprint density at radius 2 is 1.37 bits per heavy atom. The number of amides is 2. The van der Waals surface area contributed by atoms with Crippen LogP contribution in [0.4, 0.5) is 11.4 Å². The number of hydroxylamine groups is 1. The molecule has 2 saturated heterocycles. The number of rotatable bonds is 3. The predicted octanol–water partition coefficient (Wildman–Crippen LogP) is 4.35. The first-order valence-electron chi connectivity index (χ1n) is 10.1. The van der Waals surface area contributed by atoms with E-state index in [9.17, 15) is 9.59 Å². The van der Waals surface area contributed by atoms with Crippen molar-refractivity contribution >= 4 is 23.2 Å². The molecule has 0 aromatic heterocycles. The lowest BCUT2D eigenvalue weighted by Gasteiger charge is -2.29. The number of carbonyl (C=O) groups excluding carboxylic acids is 2. The molecule has 150 valence electrons. The van der Waals surface area contributed by atoms with E-state index in [0.717, 1.165) is 22.4 Å². The van der Waals surface area contributed by atoms with Crippen LogP contribution >= 0.6 is 0 Å². The van der Waals surface area contributed by atoms with Crippen LogP contribution in [-0.2, 0) is 14.4 Å². The summed E-state index contributed by atoms with van der Waals surface area (Å²) in [5, 5.41) is 1.74. The zero-order valence-corrected chi connectivity index (χ0v) is 16.9. The standard InChI is InChI=1S/C25H22N2O3/c1-16-10-6-8-14-19(16)22-21-23(30-27(22)18-12-4-3-5-13-18)25(29)26(24(21)28)20-15-9-7-11-17(20)2/h3-15,21-23H,1-2H3/t21-,22+,23-/m1/s1. The van der Waals surface area contributed by atoms with E-state index in [1.54, 1.807) is 5.06 Å². The summed E-state index contributed by atoms with van der Waals surface area (Å²) >= 11 is 0. The molecule has 0 aliphatic carbocycles. The Labute approximate surface area is 175 Å². The summed E-state index contributed by atoms with van der Waals surface area (Å²) in [6, 6.07) is 24.7. The zero-order chi connectivity index (χ0) is 20.8. The van der Waals surface area contributed by atoms with Crippen LogP contribution in [0.15, 0.2) is 78.9 Å². The van der Waals surface area contributed by atoms with Crippen LogP contribution in [0.5, 0.6) is 0 Å². The zero-order valence-electron chi connectivity index (χ0n) is 16.9. The molecule has 30 heavy (non-hydrogen) atoms.